The monoisotopic (exact) mass is 328 g/mol. The summed E-state index contributed by atoms with van der Waals surface area (Å²) in [5.74, 6) is 0.137. The molecule has 2 rings (SSSR count). The van der Waals surface area contributed by atoms with E-state index in [4.69, 9.17) is 17.3 Å². The summed E-state index contributed by atoms with van der Waals surface area (Å²) in [7, 11) is -3.89. The fourth-order valence-electron chi connectivity index (χ4n) is 2.07. The molecule has 21 heavy (non-hydrogen) atoms. The summed E-state index contributed by atoms with van der Waals surface area (Å²) in [5, 5.41) is 5.99. The molecule has 0 radical (unpaired) electrons. The lowest BCUT2D eigenvalue weighted by atomic mass is 10.0. The van der Waals surface area contributed by atoms with Crippen molar-refractivity contribution in [1.29, 1.82) is 0 Å². The van der Waals surface area contributed by atoms with Crippen molar-refractivity contribution in [3.63, 3.8) is 0 Å². The highest BCUT2D eigenvalue weighted by Gasteiger charge is 2.25. The maximum absolute atomic E-state index is 12.2. The van der Waals surface area contributed by atoms with Crippen molar-refractivity contribution in [2.24, 2.45) is 21.2 Å². The van der Waals surface area contributed by atoms with Gasteiger partial charge in [0.15, 0.2) is 0 Å². The van der Waals surface area contributed by atoms with Crippen LogP contribution >= 0.6 is 11.6 Å². The highest BCUT2D eigenvalue weighted by atomic mass is 35.5. The van der Waals surface area contributed by atoms with Crippen LogP contribution in [0, 0.1) is 5.92 Å². The van der Waals surface area contributed by atoms with Crippen molar-refractivity contribution < 1.29 is 8.42 Å². The number of halogens is 1. The second-order valence-electron chi connectivity index (χ2n) is 4.81. The number of guanidine groups is 1. The summed E-state index contributed by atoms with van der Waals surface area (Å²) in [6.07, 6.45) is 0.917. The van der Waals surface area contributed by atoms with E-state index in [9.17, 15) is 8.42 Å². The van der Waals surface area contributed by atoms with E-state index in [1.807, 2.05) is 13.8 Å². The average Bonchev–Trinajstić information content (AvgIpc) is 2.79. The van der Waals surface area contributed by atoms with Crippen LogP contribution in [0.5, 0.6) is 0 Å². The van der Waals surface area contributed by atoms with Crippen LogP contribution in [0.4, 0.5) is 0 Å². The van der Waals surface area contributed by atoms with Crippen molar-refractivity contribution in [3.8, 4) is 0 Å². The Morgan fingerprint density at radius 1 is 1.57 bits per heavy atom. The molecule has 1 aliphatic heterocycles. The largest absolute Gasteiger partial charge is 0.367 e. The highest BCUT2D eigenvalue weighted by Crippen LogP contribution is 2.20. The van der Waals surface area contributed by atoms with E-state index >= 15 is 0 Å². The van der Waals surface area contributed by atoms with Crippen LogP contribution in [0.3, 0.4) is 0 Å². The van der Waals surface area contributed by atoms with Crippen molar-refractivity contribution in [2.45, 2.75) is 25.2 Å². The maximum atomic E-state index is 12.2. The third kappa shape index (κ3) is 3.54. The molecule has 0 bridgehead atoms. The van der Waals surface area contributed by atoms with E-state index in [1.54, 1.807) is 12.1 Å². The Bertz CT molecular complexity index is 700. The molecule has 1 aromatic rings. The molecule has 114 valence electrons. The zero-order valence-electron chi connectivity index (χ0n) is 11.8. The number of nitrogens with two attached hydrogens (primary N) is 1. The summed E-state index contributed by atoms with van der Waals surface area (Å²) in [6.45, 7) is 4.48. The average molecular weight is 329 g/mol. The first-order valence-corrected chi connectivity index (χ1v) is 8.34. The van der Waals surface area contributed by atoms with Gasteiger partial charge in [-0.3, -0.25) is 0 Å². The number of rotatable bonds is 3. The SMILES string of the molecule is CCC1CN(/C(N)=N/S(=O)(=O)c2cccc(Cl)c2)N=C1C. The molecule has 0 aromatic heterocycles. The van der Waals surface area contributed by atoms with Crippen LogP contribution in [0.1, 0.15) is 20.3 Å². The summed E-state index contributed by atoms with van der Waals surface area (Å²) in [6, 6.07) is 5.90. The van der Waals surface area contributed by atoms with E-state index in [1.165, 1.54) is 17.1 Å². The van der Waals surface area contributed by atoms with Crippen LogP contribution in [0.15, 0.2) is 38.7 Å². The van der Waals surface area contributed by atoms with Gasteiger partial charge >= 0.3 is 0 Å². The number of hydrazone groups is 1. The predicted molar refractivity (Wildman–Crippen MR) is 83.9 cm³/mol. The fourth-order valence-corrected chi connectivity index (χ4v) is 3.30. The van der Waals surface area contributed by atoms with Gasteiger partial charge in [-0.1, -0.05) is 24.6 Å². The molecule has 1 heterocycles. The normalized spacial score (nSPS) is 19.8. The van der Waals surface area contributed by atoms with Gasteiger partial charge in [-0.25, -0.2) is 5.01 Å². The second kappa shape index (κ2) is 6.03. The molecule has 1 atom stereocenters. The number of hydrogen-bond donors (Lipinski definition) is 1. The Hall–Kier alpha value is -1.60. The van der Waals surface area contributed by atoms with E-state index in [-0.39, 0.29) is 16.8 Å². The first-order valence-electron chi connectivity index (χ1n) is 6.52. The molecule has 8 heteroatoms. The zero-order valence-corrected chi connectivity index (χ0v) is 13.4. The second-order valence-corrected chi connectivity index (χ2v) is 6.85. The number of benzene rings is 1. The summed E-state index contributed by atoms with van der Waals surface area (Å²) < 4.78 is 28.0. The summed E-state index contributed by atoms with van der Waals surface area (Å²) >= 11 is 5.80. The molecular formula is C13H17ClN4O2S. The van der Waals surface area contributed by atoms with Gasteiger partial charge in [0.2, 0.25) is 5.96 Å². The van der Waals surface area contributed by atoms with Crippen LogP contribution in [0.2, 0.25) is 5.02 Å². The van der Waals surface area contributed by atoms with Gasteiger partial charge in [0, 0.05) is 16.7 Å². The first kappa shape index (κ1) is 15.8. The lowest BCUT2D eigenvalue weighted by Crippen LogP contribution is -2.33. The lowest BCUT2D eigenvalue weighted by Gasteiger charge is -2.13. The van der Waals surface area contributed by atoms with Crippen LogP contribution in [0.25, 0.3) is 0 Å². The quantitative estimate of drug-likeness (QED) is 0.679. The number of sulfonamides is 1. The molecule has 0 amide bonds. The first-order chi connectivity index (χ1) is 9.83. The van der Waals surface area contributed by atoms with Gasteiger partial charge in [-0.05, 0) is 31.5 Å². The van der Waals surface area contributed by atoms with Crippen LogP contribution in [-0.2, 0) is 10.0 Å². The highest BCUT2D eigenvalue weighted by molar-refractivity contribution is 7.90. The van der Waals surface area contributed by atoms with Crippen molar-refractivity contribution in [3.05, 3.63) is 29.3 Å². The minimum absolute atomic E-state index is 0.00453. The zero-order chi connectivity index (χ0) is 15.6. The third-order valence-electron chi connectivity index (χ3n) is 3.33. The Labute approximate surface area is 129 Å². The standard InChI is InChI=1S/C13H17ClN4O2S/c1-3-10-8-18(16-9(10)2)13(15)17-21(19,20)12-6-4-5-11(14)7-12/h4-7,10H,3,8H2,1-2H3,(H2,15,17). The van der Waals surface area contributed by atoms with Crippen molar-refractivity contribution in [2.75, 3.05) is 6.54 Å². The van der Waals surface area contributed by atoms with E-state index in [2.05, 4.69) is 9.50 Å². The summed E-state index contributed by atoms with van der Waals surface area (Å²) in [4.78, 5) is 0.00453. The predicted octanol–water partition coefficient (Wildman–Crippen LogP) is 2.06. The van der Waals surface area contributed by atoms with Gasteiger partial charge in [0.05, 0.1) is 11.4 Å². The molecule has 0 spiro atoms. The molecule has 1 unspecified atom stereocenters. The van der Waals surface area contributed by atoms with Crippen molar-refractivity contribution >= 4 is 33.3 Å². The molecule has 2 N–H and O–H groups in total. The van der Waals surface area contributed by atoms with Crippen molar-refractivity contribution in [1.82, 2.24) is 5.01 Å². The van der Waals surface area contributed by atoms with Gasteiger partial charge in [-0.15, -0.1) is 4.40 Å². The molecule has 0 saturated carbocycles. The van der Waals surface area contributed by atoms with Gasteiger partial charge in [0.25, 0.3) is 10.0 Å². The van der Waals surface area contributed by atoms with E-state index in [0.717, 1.165) is 12.1 Å². The molecule has 6 nitrogen and oxygen atoms in total. The summed E-state index contributed by atoms with van der Waals surface area (Å²) in [5.41, 5.74) is 6.70. The Balaban J connectivity index is 2.27. The molecule has 0 aliphatic carbocycles. The minimum Gasteiger partial charge on any atom is -0.367 e. The Morgan fingerprint density at radius 2 is 2.29 bits per heavy atom. The van der Waals surface area contributed by atoms with E-state index in [0.29, 0.717) is 11.6 Å². The van der Waals surface area contributed by atoms with E-state index < -0.39 is 10.0 Å². The smallest absolute Gasteiger partial charge is 0.285 e. The molecule has 0 fully saturated rings. The topological polar surface area (TPSA) is 88.1 Å². The van der Waals surface area contributed by atoms with Gasteiger partial charge in [0.1, 0.15) is 0 Å². The van der Waals surface area contributed by atoms with Crippen LogP contribution < -0.4 is 5.73 Å². The molecule has 0 saturated heterocycles. The van der Waals surface area contributed by atoms with Gasteiger partial charge in [-0.2, -0.15) is 13.5 Å². The molecular weight excluding hydrogens is 312 g/mol. The van der Waals surface area contributed by atoms with Crippen LogP contribution in [-0.4, -0.2) is 31.6 Å². The maximum Gasteiger partial charge on any atom is 0.285 e. The van der Waals surface area contributed by atoms with Gasteiger partial charge < -0.3 is 5.73 Å². The fraction of sp³-hybridized carbons (Fsp3) is 0.385. The molecule has 1 aliphatic rings. The lowest BCUT2D eigenvalue weighted by molar-refractivity contribution is 0.436. The minimum atomic E-state index is -3.89. The number of nitrogens with zero attached hydrogens (tertiary/aromatic N) is 3. The molecule has 1 aromatic carbocycles. The number of hydrogen-bond acceptors (Lipinski definition) is 3. The third-order valence-corrected chi connectivity index (χ3v) is 4.84. The Kier molecular flexibility index (Phi) is 4.53. The Morgan fingerprint density at radius 3 is 2.86 bits per heavy atom.